The van der Waals surface area contributed by atoms with Crippen LogP contribution in [-0.2, 0) is 6.54 Å². The molecule has 3 N–H and O–H groups in total. The Kier molecular flexibility index (Phi) is 4.77. The lowest BCUT2D eigenvalue weighted by Crippen LogP contribution is -2.28. The summed E-state index contributed by atoms with van der Waals surface area (Å²) in [5.41, 5.74) is 3.93. The standard InChI is InChI=1S/C19H17N5O/c1-13-7-8-14(10-20)9-16(13)24-19(25)22-12-18-21-11-17(23-18)15-5-3-2-4-6-15/h2-9,11H,12H2,1H3,(H,21,23)(H2,22,24,25). The summed E-state index contributed by atoms with van der Waals surface area (Å²) in [6.07, 6.45) is 1.74. The summed E-state index contributed by atoms with van der Waals surface area (Å²) in [5, 5.41) is 14.4. The molecule has 6 nitrogen and oxygen atoms in total. The average molecular weight is 331 g/mol. The third-order valence-electron chi connectivity index (χ3n) is 3.74. The third-order valence-corrected chi connectivity index (χ3v) is 3.74. The van der Waals surface area contributed by atoms with Crippen LogP contribution in [0.4, 0.5) is 10.5 Å². The molecule has 0 unspecified atom stereocenters. The van der Waals surface area contributed by atoms with E-state index in [4.69, 9.17) is 5.26 Å². The molecule has 0 aliphatic carbocycles. The number of benzene rings is 2. The van der Waals surface area contributed by atoms with Crippen LogP contribution in [0.5, 0.6) is 0 Å². The number of hydrogen-bond donors (Lipinski definition) is 3. The van der Waals surface area contributed by atoms with Gasteiger partial charge in [-0.05, 0) is 30.2 Å². The molecule has 0 radical (unpaired) electrons. The van der Waals surface area contributed by atoms with Crippen LogP contribution >= 0.6 is 0 Å². The minimum Gasteiger partial charge on any atom is -0.341 e. The minimum atomic E-state index is -0.351. The van der Waals surface area contributed by atoms with Crippen LogP contribution < -0.4 is 10.6 Å². The summed E-state index contributed by atoms with van der Waals surface area (Å²) in [6.45, 7) is 2.14. The van der Waals surface area contributed by atoms with Crippen molar-refractivity contribution in [3.63, 3.8) is 0 Å². The topological polar surface area (TPSA) is 93.6 Å². The number of carbonyl (C=O) groups is 1. The number of aromatic nitrogens is 2. The van der Waals surface area contributed by atoms with E-state index in [1.807, 2.05) is 37.3 Å². The number of urea groups is 1. The van der Waals surface area contributed by atoms with Crippen LogP contribution in [0, 0.1) is 18.3 Å². The van der Waals surface area contributed by atoms with Crippen molar-refractivity contribution in [2.24, 2.45) is 0 Å². The molecule has 0 atom stereocenters. The largest absolute Gasteiger partial charge is 0.341 e. The molecule has 124 valence electrons. The van der Waals surface area contributed by atoms with E-state index < -0.39 is 0 Å². The Balaban J connectivity index is 1.60. The van der Waals surface area contributed by atoms with Crippen molar-refractivity contribution in [3.8, 4) is 17.3 Å². The number of anilines is 1. The molecule has 1 aromatic heterocycles. The van der Waals surface area contributed by atoms with E-state index in [0.717, 1.165) is 16.8 Å². The zero-order chi connectivity index (χ0) is 17.6. The maximum atomic E-state index is 12.1. The Labute approximate surface area is 145 Å². The normalized spacial score (nSPS) is 10.1. The molecule has 0 bridgehead atoms. The molecule has 0 spiro atoms. The van der Waals surface area contributed by atoms with Gasteiger partial charge in [0.25, 0.3) is 0 Å². The van der Waals surface area contributed by atoms with Crippen molar-refractivity contribution in [2.75, 3.05) is 5.32 Å². The number of aryl methyl sites for hydroxylation is 1. The lowest BCUT2D eigenvalue weighted by atomic mass is 10.1. The molecule has 0 aliphatic rings. The number of nitrogens with one attached hydrogen (secondary N) is 3. The Hall–Kier alpha value is -3.59. The molecule has 25 heavy (non-hydrogen) atoms. The van der Waals surface area contributed by atoms with Gasteiger partial charge < -0.3 is 15.6 Å². The van der Waals surface area contributed by atoms with Crippen LogP contribution in [0.1, 0.15) is 17.0 Å². The fourth-order valence-electron chi connectivity index (χ4n) is 2.37. The van der Waals surface area contributed by atoms with Gasteiger partial charge in [0.1, 0.15) is 5.82 Å². The number of nitriles is 1. The molecule has 0 saturated carbocycles. The van der Waals surface area contributed by atoms with Crippen LogP contribution in [0.25, 0.3) is 11.3 Å². The second kappa shape index (κ2) is 7.32. The predicted molar refractivity (Wildman–Crippen MR) is 95.8 cm³/mol. The number of carbonyl (C=O) groups excluding carboxylic acids is 1. The molecule has 2 amide bonds. The van der Waals surface area contributed by atoms with Gasteiger partial charge in [0, 0.05) is 5.69 Å². The highest BCUT2D eigenvalue weighted by atomic mass is 16.2. The summed E-state index contributed by atoms with van der Waals surface area (Å²) in [6, 6.07) is 16.7. The highest BCUT2D eigenvalue weighted by Crippen LogP contribution is 2.17. The van der Waals surface area contributed by atoms with E-state index >= 15 is 0 Å². The molecule has 1 heterocycles. The first kappa shape index (κ1) is 16.3. The minimum absolute atomic E-state index is 0.273. The zero-order valence-corrected chi connectivity index (χ0v) is 13.7. The van der Waals surface area contributed by atoms with Gasteiger partial charge in [0.05, 0.1) is 30.1 Å². The fourth-order valence-corrected chi connectivity index (χ4v) is 2.37. The lowest BCUT2D eigenvalue weighted by molar-refractivity contribution is 0.251. The van der Waals surface area contributed by atoms with Crippen molar-refractivity contribution < 1.29 is 4.79 Å². The van der Waals surface area contributed by atoms with Crippen molar-refractivity contribution in [3.05, 3.63) is 71.7 Å². The van der Waals surface area contributed by atoms with Gasteiger partial charge >= 0.3 is 6.03 Å². The summed E-state index contributed by atoms with van der Waals surface area (Å²) < 4.78 is 0. The summed E-state index contributed by atoms with van der Waals surface area (Å²) >= 11 is 0. The number of aromatic amines is 1. The number of H-pyrrole nitrogens is 1. The Bertz CT molecular complexity index is 924. The van der Waals surface area contributed by atoms with E-state index in [1.165, 1.54) is 0 Å². The van der Waals surface area contributed by atoms with E-state index in [-0.39, 0.29) is 12.6 Å². The first-order valence-electron chi connectivity index (χ1n) is 7.80. The zero-order valence-electron chi connectivity index (χ0n) is 13.7. The van der Waals surface area contributed by atoms with Gasteiger partial charge in [-0.25, -0.2) is 9.78 Å². The summed E-state index contributed by atoms with van der Waals surface area (Å²) in [4.78, 5) is 19.5. The highest BCUT2D eigenvalue weighted by Gasteiger charge is 2.07. The van der Waals surface area contributed by atoms with E-state index in [9.17, 15) is 4.79 Å². The summed E-state index contributed by atoms with van der Waals surface area (Å²) in [7, 11) is 0. The van der Waals surface area contributed by atoms with Gasteiger partial charge in [0.2, 0.25) is 0 Å². The highest BCUT2D eigenvalue weighted by molar-refractivity contribution is 5.90. The molecule has 0 aliphatic heterocycles. The Morgan fingerprint density at radius 1 is 1.24 bits per heavy atom. The molecule has 6 heteroatoms. The van der Waals surface area contributed by atoms with Crippen molar-refractivity contribution in [1.82, 2.24) is 15.3 Å². The predicted octanol–water partition coefficient (Wildman–Crippen LogP) is 3.58. The van der Waals surface area contributed by atoms with Gasteiger partial charge in [0.15, 0.2) is 0 Å². The lowest BCUT2D eigenvalue weighted by Gasteiger charge is -2.09. The maximum absolute atomic E-state index is 12.1. The monoisotopic (exact) mass is 331 g/mol. The number of rotatable bonds is 4. The van der Waals surface area contributed by atoms with Gasteiger partial charge in [-0.1, -0.05) is 36.4 Å². The van der Waals surface area contributed by atoms with Crippen LogP contribution in [0.2, 0.25) is 0 Å². The first-order valence-corrected chi connectivity index (χ1v) is 7.80. The molecule has 0 fully saturated rings. The van der Waals surface area contributed by atoms with E-state index in [0.29, 0.717) is 17.1 Å². The van der Waals surface area contributed by atoms with Crippen molar-refractivity contribution in [1.29, 1.82) is 5.26 Å². The van der Waals surface area contributed by atoms with E-state index in [1.54, 1.807) is 24.4 Å². The quantitative estimate of drug-likeness (QED) is 0.682. The van der Waals surface area contributed by atoms with Gasteiger partial charge in [-0.3, -0.25) is 0 Å². The molecule has 0 saturated heterocycles. The smallest absolute Gasteiger partial charge is 0.319 e. The van der Waals surface area contributed by atoms with Crippen LogP contribution in [0.15, 0.2) is 54.7 Å². The molecular formula is C19H17N5O. The SMILES string of the molecule is Cc1ccc(C#N)cc1NC(=O)NCc1ncc(-c2ccccc2)[nH]1. The number of hydrogen-bond acceptors (Lipinski definition) is 3. The fraction of sp³-hybridized carbons (Fsp3) is 0.105. The number of nitrogens with zero attached hydrogens (tertiary/aromatic N) is 2. The van der Waals surface area contributed by atoms with E-state index in [2.05, 4.69) is 26.7 Å². The molecule has 2 aromatic carbocycles. The van der Waals surface area contributed by atoms with Gasteiger partial charge in [-0.15, -0.1) is 0 Å². The Morgan fingerprint density at radius 3 is 2.80 bits per heavy atom. The second-order valence-corrected chi connectivity index (χ2v) is 5.56. The first-order chi connectivity index (χ1) is 12.2. The van der Waals surface area contributed by atoms with Crippen LogP contribution in [-0.4, -0.2) is 16.0 Å². The number of imidazole rings is 1. The number of amides is 2. The molecule has 3 aromatic rings. The maximum Gasteiger partial charge on any atom is 0.319 e. The van der Waals surface area contributed by atoms with Crippen molar-refractivity contribution in [2.45, 2.75) is 13.5 Å². The van der Waals surface area contributed by atoms with Crippen LogP contribution in [0.3, 0.4) is 0 Å². The average Bonchev–Trinajstić information content (AvgIpc) is 3.12. The van der Waals surface area contributed by atoms with Crippen molar-refractivity contribution >= 4 is 11.7 Å². The Morgan fingerprint density at radius 2 is 2.04 bits per heavy atom. The third kappa shape index (κ3) is 4.03. The molecular weight excluding hydrogens is 314 g/mol. The second-order valence-electron chi connectivity index (χ2n) is 5.56. The summed E-state index contributed by atoms with van der Waals surface area (Å²) in [5.74, 6) is 0.663. The molecule has 3 rings (SSSR count). The van der Waals surface area contributed by atoms with Gasteiger partial charge in [-0.2, -0.15) is 5.26 Å².